The molecule has 0 fully saturated rings. The van der Waals surface area contributed by atoms with Gasteiger partial charge in [0.25, 0.3) is 0 Å². The molecule has 0 saturated carbocycles. The van der Waals surface area contributed by atoms with Crippen LogP contribution in [0.5, 0.6) is 0 Å². The van der Waals surface area contributed by atoms with Gasteiger partial charge in [-0.05, 0) is 19.3 Å². The van der Waals surface area contributed by atoms with Crippen LogP contribution in [0, 0.1) is 10.8 Å². The van der Waals surface area contributed by atoms with Crippen molar-refractivity contribution in [2.45, 2.75) is 25.7 Å². The molecule has 4 heteroatoms. The van der Waals surface area contributed by atoms with Crippen molar-refractivity contribution in [1.82, 2.24) is 0 Å². The van der Waals surface area contributed by atoms with E-state index >= 15 is 0 Å². The van der Waals surface area contributed by atoms with Gasteiger partial charge in [0, 0.05) is 12.1 Å². The van der Waals surface area contributed by atoms with E-state index in [9.17, 15) is 0 Å². The van der Waals surface area contributed by atoms with Gasteiger partial charge >= 0.3 is 0 Å². The number of rotatable bonds is 6. The molecule has 0 aromatic heterocycles. The fourth-order valence-corrected chi connectivity index (χ4v) is 0.805. The minimum atomic E-state index is -0.151. The molecule has 0 rings (SSSR count). The van der Waals surface area contributed by atoms with Crippen molar-refractivity contribution < 1.29 is 9.84 Å². The molecule has 0 radical (unpaired) electrons. The Balaban J connectivity index is 3.21. The number of hydrogen-bond donors (Lipinski definition) is 3. The second-order valence-corrected chi connectivity index (χ2v) is 2.60. The summed E-state index contributed by atoms with van der Waals surface area (Å²) in [4.78, 5) is 0. The van der Waals surface area contributed by atoms with Crippen LogP contribution in [0.3, 0.4) is 0 Å². The third kappa shape index (κ3) is 5.85. The van der Waals surface area contributed by atoms with Crippen molar-refractivity contribution in [3.63, 3.8) is 0 Å². The lowest BCUT2D eigenvalue weighted by molar-refractivity contribution is 0.353. The molecule has 12 heavy (non-hydrogen) atoms. The van der Waals surface area contributed by atoms with Gasteiger partial charge in [-0.2, -0.15) is 0 Å². The largest absolute Gasteiger partial charge is 0.484 e. The van der Waals surface area contributed by atoms with E-state index < -0.39 is 0 Å². The smallest absolute Gasteiger partial charge is 0.180 e. The van der Waals surface area contributed by atoms with E-state index in [2.05, 4.69) is 4.74 Å². The van der Waals surface area contributed by atoms with Gasteiger partial charge in [-0.1, -0.05) is 0 Å². The summed E-state index contributed by atoms with van der Waals surface area (Å²) in [5.74, 6) is 0.283. The van der Waals surface area contributed by atoms with Crippen LogP contribution in [0.2, 0.25) is 0 Å². The van der Waals surface area contributed by atoms with E-state index in [0.29, 0.717) is 18.6 Å². The monoisotopic (exact) mass is 172 g/mol. The van der Waals surface area contributed by atoms with Crippen molar-refractivity contribution in [2.75, 3.05) is 13.7 Å². The highest BCUT2D eigenvalue weighted by Gasteiger charge is 1.97. The van der Waals surface area contributed by atoms with Gasteiger partial charge in [0.1, 0.15) is 0 Å². The van der Waals surface area contributed by atoms with E-state index in [1.54, 1.807) is 0 Å². The topological polar surface area (TPSA) is 77.2 Å². The van der Waals surface area contributed by atoms with Crippen molar-refractivity contribution in [2.24, 2.45) is 0 Å². The molecule has 0 aromatic carbocycles. The van der Waals surface area contributed by atoms with Crippen LogP contribution in [0.15, 0.2) is 0 Å². The third-order valence-electron chi connectivity index (χ3n) is 1.57. The molecule has 0 unspecified atom stereocenters. The zero-order valence-electron chi connectivity index (χ0n) is 7.39. The number of hydrogen-bond acceptors (Lipinski definition) is 4. The predicted molar refractivity (Wildman–Crippen MR) is 48.0 cm³/mol. The number of aliphatic hydroxyl groups excluding tert-OH is 1. The highest BCUT2D eigenvalue weighted by molar-refractivity contribution is 5.82. The van der Waals surface area contributed by atoms with E-state index in [4.69, 9.17) is 15.9 Å². The molecule has 4 nitrogen and oxygen atoms in total. The van der Waals surface area contributed by atoms with Crippen LogP contribution in [-0.4, -0.2) is 30.4 Å². The number of nitrogens with one attached hydrogen (secondary N) is 2. The van der Waals surface area contributed by atoms with Gasteiger partial charge < -0.3 is 15.3 Å². The summed E-state index contributed by atoms with van der Waals surface area (Å²) < 4.78 is 4.66. The van der Waals surface area contributed by atoms with Crippen LogP contribution >= 0.6 is 0 Å². The molecule has 0 heterocycles. The molecule has 0 bridgehead atoms. The molecule has 0 amide bonds. The summed E-state index contributed by atoms with van der Waals surface area (Å²) in [6.07, 6.45) is 2.92. The molecule has 0 aliphatic heterocycles. The number of aliphatic hydroxyl groups is 1. The zero-order chi connectivity index (χ0) is 9.40. The summed E-state index contributed by atoms with van der Waals surface area (Å²) in [6.45, 7) is -0.151. The Kier molecular flexibility index (Phi) is 6.28. The quantitative estimate of drug-likeness (QED) is 0.319. The molecule has 0 atom stereocenters. The average molecular weight is 172 g/mol. The van der Waals surface area contributed by atoms with E-state index in [0.717, 1.165) is 12.8 Å². The minimum absolute atomic E-state index is 0.151. The lowest BCUT2D eigenvalue weighted by Gasteiger charge is -2.01. The van der Waals surface area contributed by atoms with Crippen LogP contribution in [-0.2, 0) is 4.74 Å². The van der Waals surface area contributed by atoms with Crippen LogP contribution in [0.1, 0.15) is 25.7 Å². The van der Waals surface area contributed by atoms with Crippen molar-refractivity contribution >= 4 is 11.6 Å². The molecule has 0 aliphatic rings. The lowest BCUT2D eigenvalue weighted by atomic mass is 10.1. The highest BCUT2D eigenvalue weighted by Crippen LogP contribution is 2.01. The Hall–Kier alpha value is -0.900. The van der Waals surface area contributed by atoms with Crippen molar-refractivity contribution in [1.29, 1.82) is 10.8 Å². The Morgan fingerprint density at radius 2 is 1.83 bits per heavy atom. The Morgan fingerprint density at radius 1 is 1.25 bits per heavy atom. The van der Waals surface area contributed by atoms with Crippen LogP contribution < -0.4 is 0 Å². The van der Waals surface area contributed by atoms with Gasteiger partial charge in [-0.15, -0.1) is 0 Å². The van der Waals surface area contributed by atoms with Crippen molar-refractivity contribution in [3.8, 4) is 0 Å². The first kappa shape index (κ1) is 11.1. The van der Waals surface area contributed by atoms with Crippen LogP contribution in [0.25, 0.3) is 0 Å². The molecular weight excluding hydrogens is 156 g/mol. The van der Waals surface area contributed by atoms with E-state index in [-0.39, 0.29) is 12.5 Å². The zero-order valence-corrected chi connectivity index (χ0v) is 7.39. The fraction of sp³-hybridized carbons (Fsp3) is 0.750. The first-order chi connectivity index (χ1) is 5.70. The van der Waals surface area contributed by atoms with Gasteiger partial charge in [0.15, 0.2) is 5.90 Å². The normalized spacial score (nSPS) is 9.50. The summed E-state index contributed by atoms with van der Waals surface area (Å²) >= 11 is 0. The summed E-state index contributed by atoms with van der Waals surface area (Å²) in [6, 6.07) is 0. The number of ether oxygens (including phenoxy) is 1. The highest BCUT2D eigenvalue weighted by atomic mass is 16.5. The Morgan fingerprint density at radius 3 is 2.33 bits per heavy atom. The second kappa shape index (κ2) is 6.79. The molecule has 0 aliphatic carbocycles. The lowest BCUT2D eigenvalue weighted by Crippen LogP contribution is -2.03. The standard InChI is InChI=1S/C8H16N2O2/c1-12-8(10)5-3-2-4-7(9)6-11/h9-11H,2-6H2,1H3. The van der Waals surface area contributed by atoms with Gasteiger partial charge in [-0.3, -0.25) is 5.41 Å². The van der Waals surface area contributed by atoms with E-state index in [1.807, 2.05) is 0 Å². The maximum Gasteiger partial charge on any atom is 0.180 e. The molecule has 0 saturated heterocycles. The molecule has 0 aromatic rings. The molecular formula is C8H16N2O2. The number of unbranched alkanes of at least 4 members (excludes halogenated alkanes) is 1. The average Bonchev–Trinajstić information content (AvgIpc) is 2.11. The van der Waals surface area contributed by atoms with E-state index in [1.165, 1.54) is 7.11 Å². The van der Waals surface area contributed by atoms with Gasteiger partial charge in [-0.25, -0.2) is 0 Å². The minimum Gasteiger partial charge on any atom is -0.484 e. The Labute approximate surface area is 72.6 Å². The maximum absolute atomic E-state index is 8.50. The van der Waals surface area contributed by atoms with Crippen molar-refractivity contribution in [3.05, 3.63) is 0 Å². The first-order valence-electron chi connectivity index (χ1n) is 3.99. The SMILES string of the molecule is COC(=N)CCCCC(=N)CO. The molecule has 0 spiro atoms. The van der Waals surface area contributed by atoms with Gasteiger partial charge in [0.2, 0.25) is 0 Å². The fourth-order valence-electron chi connectivity index (χ4n) is 0.805. The summed E-state index contributed by atoms with van der Waals surface area (Å²) in [5.41, 5.74) is 0.360. The molecule has 70 valence electrons. The Bertz CT molecular complexity index is 139. The third-order valence-corrected chi connectivity index (χ3v) is 1.57. The summed E-state index contributed by atoms with van der Waals surface area (Å²) in [7, 11) is 1.48. The molecule has 3 N–H and O–H groups in total. The number of methoxy groups -OCH3 is 1. The van der Waals surface area contributed by atoms with Gasteiger partial charge in [0.05, 0.1) is 13.7 Å². The second-order valence-electron chi connectivity index (χ2n) is 2.60. The predicted octanol–water partition coefficient (Wildman–Crippen LogP) is 1.18. The van der Waals surface area contributed by atoms with Crippen LogP contribution in [0.4, 0.5) is 0 Å². The first-order valence-corrected chi connectivity index (χ1v) is 3.99. The summed E-state index contributed by atoms with van der Waals surface area (Å²) in [5, 5.41) is 22.8. The maximum atomic E-state index is 8.50.